The van der Waals surface area contributed by atoms with Crippen molar-refractivity contribution in [1.82, 2.24) is 0 Å². The van der Waals surface area contributed by atoms with Crippen LogP contribution >= 0.6 is 0 Å². The van der Waals surface area contributed by atoms with Gasteiger partial charge in [-0.05, 0) is 92.9 Å². The monoisotopic (exact) mass is 546 g/mol. The van der Waals surface area contributed by atoms with Gasteiger partial charge in [-0.3, -0.25) is 0 Å². The number of nitrogens with one attached hydrogen (secondary N) is 1. The van der Waals surface area contributed by atoms with Gasteiger partial charge in [0.2, 0.25) is 0 Å². The van der Waals surface area contributed by atoms with E-state index in [1.807, 2.05) is 0 Å². The second kappa shape index (κ2) is 12.0. The molecule has 1 N–H and O–H groups in total. The third-order valence-electron chi connectivity index (χ3n) is 8.12. The number of allylic oxidation sites excluding steroid dienone is 2. The van der Waals surface area contributed by atoms with Gasteiger partial charge >= 0.3 is 0 Å². The minimum absolute atomic E-state index is 0.205. The van der Waals surface area contributed by atoms with Crippen LogP contribution < -0.4 is 10.2 Å². The fourth-order valence-electron chi connectivity index (χ4n) is 5.64. The summed E-state index contributed by atoms with van der Waals surface area (Å²) in [6.07, 6.45) is 6.88. The number of benzene rings is 5. The lowest BCUT2D eigenvalue weighted by Gasteiger charge is -2.28. The molecule has 0 fully saturated rings. The molecule has 0 heterocycles. The maximum absolute atomic E-state index is 3.74. The van der Waals surface area contributed by atoms with E-state index in [0.717, 1.165) is 22.7 Å². The van der Waals surface area contributed by atoms with Gasteiger partial charge in [-0.15, -0.1) is 0 Å². The van der Waals surface area contributed by atoms with Gasteiger partial charge in [-0.1, -0.05) is 113 Å². The fourth-order valence-corrected chi connectivity index (χ4v) is 5.64. The van der Waals surface area contributed by atoms with Crippen LogP contribution in [0.15, 0.2) is 145 Å². The first-order valence-electron chi connectivity index (χ1n) is 14.8. The molecule has 0 bridgehead atoms. The van der Waals surface area contributed by atoms with Crippen molar-refractivity contribution in [2.75, 3.05) is 10.2 Å². The molecular weight excluding hydrogens is 508 g/mol. The summed E-state index contributed by atoms with van der Waals surface area (Å²) in [6.45, 7) is 8.56. The number of hydrogen-bond donors (Lipinski definition) is 1. The number of rotatable bonds is 7. The molecule has 0 aliphatic heterocycles. The summed E-state index contributed by atoms with van der Waals surface area (Å²) in [5, 5.41) is 3.74. The molecule has 1 aliphatic carbocycles. The van der Waals surface area contributed by atoms with Crippen molar-refractivity contribution in [1.29, 1.82) is 0 Å². The first kappa shape index (κ1) is 27.4. The lowest BCUT2D eigenvalue weighted by atomic mass is 9.85. The van der Waals surface area contributed by atoms with Crippen molar-refractivity contribution < 1.29 is 0 Å². The predicted molar refractivity (Wildman–Crippen MR) is 180 cm³/mol. The normalized spacial score (nSPS) is 16.1. The molecule has 0 saturated heterocycles. The Morgan fingerprint density at radius 2 is 0.929 bits per heavy atom. The molecule has 0 saturated carbocycles. The highest BCUT2D eigenvalue weighted by Gasteiger charge is 2.22. The summed E-state index contributed by atoms with van der Waals surface area (Å²) < 4.78 is 0. The molecule has 0 amide bonds. The highest BCUT2D eigenvalue weighted by Crippen LogP contribution is 2.36. The van der Waals surface area contributed by atoms with E-state index in [0.29, 0.717) is 0 Å². The van der Waals surface area contributed by atoms with Crippen LogP contribution in [0.4, 0.5) is 22.7 Å². The van der Waals surface area contributed by atoms with Crippen LogP contribution in [0, 0.1) is 20.8 Å². The summed E-state index contributed by atoms with van der Waals surface area (Å²) in [7, 11) is 0. The zero-order chi connectivity index (χ0) is 29.1. The molecule has 2 nitrogen and oxygen atoms in total. The van der Waals surface area contributed by atoms with Crippen LogP contribution in [0.2, 0.25) is 0 Å². The quantitative estimate of drug-likeness (QED) is 0.218. The van der Waals surface area contributed by atoms with Gasteiger partial charge < -0.3 is 10.2 Å². The van der Waals surface area contributed by atoms with Gasteiger partial charge in [0.25, 0.3) is 0 Å². The molecular formula is C40H38N2. The minimum atomic E-state index is 0.205. The highest BCUT2D eigenvalue weighted by molar-refractivity contribution is 5.78. The molecule has 6 rings (SSSR count). The van der Waals surface area contributed by atoms with Crippen LogP contribution in [0.5, 0.6) is 0 Å². The molecule has 2 heteroatoms. The van der Waals surface area contributed by atoms with Crippen molar-refractivity contribution >= 4 is 22.7 Å². The average Bonchev–Trinajstić information content (AvgIpc) is 3.02. The topological polar surface area (TPSA) is 15.3 Å². The lowest BCUT2D eigenvalue weighted by Crippen LogP contribution is -2.26. The van der Waals surface area contributed by atoms with E-state index >= 15 is 0 Å². The molecule has 208 valence electrons. The summed E-state index contributed by atoms with van der Waals surface area (Å²) in [5.74, 6) is 0.269. The van der Waals surface area contributed by atoms with Crippen molar-refractivity contribution in [3.8, 4) is 11.1 Å². The van der Waals surface area contributed by atoms with Crippen LogP contribution in [0.1, 0.15) is 35.1 Å². The van der Waals surface area contributed by atoms with Gasteiger partial charge in [0.15, 0.2) is 0 Å². The third-order valence-corrected chi connectivity index (χ3v) is 8.12. The Hall–Kier alpha value is -4.82. The average molecular weight is 547 g/mol. The van der Waals surface area contributed by atoms with E-state index in [-0.39, 0.29) is 12.0 Å². The number of aryl methyl sites for hydroxylation is 3. The summed E-state index contributed by atoms with van der Waals surface area (Å²) in [5.41, 5.74) is 13.4. The van der Waals surface area contributed by atoms with E-state index in [4.69, 9.17) is 0 Å². The summed E-state index contributed by atoms with van der Waals surface area (Å²) in [4.78, 5) is 2.32. The lowest BCUT2D eigenvalue weighted by molar-refractivity contribution is 0.749. The maximum atomic E-state index is 3.74. The Balaban J connectivity index is 1.25. The Morgan fingerprint density at radius 3 is 1.43 bits per heavy atom. The minimum Gasteiger partial charge on any atom is -0.378 e. The largest absolute Gasteiger partial charge is 0.378 e. The number of hydrogen-bond acceptors (Lipinski definition) is 2. The van der Waals surface area contributed by atoms with E-state index in [2.05, 4.69) is 177 Å². The molecule has 0 spiro atoms. The molecule has 0 radical (unpaired) electrons. The zero-order valence-corrected chi connectivity index (χ0v) is 24.9. The predicted octanol–water partition coefficient (Wildman–Crippen LogP) is 10.8. The molecule has 1 aliphatic rings. The molecule has 0 aromatic heterocycles. The van der Waals surface area contributed by atoms with E-state index < -0.39 is 0 Å². The van der Waals surface area contributed by atoms with Gasteiger partial charge in [-0.25, -0.2) is 0 Å². The van der Waals surface area contributed by atoms with Crippen molar-refractivity contribution in [2.45, 2.75) is 39.7 Å². The zero-order valence-electron chi connectivity index (χ0n) is 24.9. The first-order valence-corrected chi connectivity index (χ1v) is 14.8. The fraction of sp³-hybridized carbons (Fsp3) is 0.150. The van der Waals surface area contributed by atoms with Gasteiger partial charge in [0.05, 0.1) is 6.04 Å². The van der Waals surface area contributed by atoms with E-state index in [9.17, 15) is 0 Å². The van der Waals surface area contributed by atoms with Crippen molar-refractivity contribution in [3.63, 3.8) is 0 Å². The van der Waals surface area contributed by atoms with Crippen molar-refractivity contribution in [2.24, 2.45) is 0 Å². The van der Waals surface area contributed by atoms with Gasteiger partial charge in [-0.2, -0.15) is 0 Å². The molecule has 42 heavy (non-hydrogen) atoms. The Labute approximate surface area is 250 Å². The van der Waals surface area contributed by atoms with Crippen LogP contribution in [0.25, 0.3) is 11.1 Å². The summed E-state index contributed by atoms with van der Waals surface area (Å²) in [6, 6.07) is 44.3. The molecule has 5 aromatic rings. The molecule has 5 aromatic carbocycles. The first-order chi connectivity index (χ1) is 20.4. The Morgan fingerprint density at radius 1 is 0.500 bits per heavy atom. The second-order valence-corrected chi connectivity index (χ2v) is 11.5. The molecule has 2 unspecified atom stereocenters. The Bertz CT molecular complexity index is 1640. The standard InChI is InChI=1S/C40H38N2/c1-28-5-18-35(19-6-28)41-40-26-11-31(4)27-39(40)34-14-12-32(13-15-34)33-16-24-38(25-17-33)42(36-20-7-29(2)8-21-36)37-22-9-30(3)10-23-37/h5-27,39-41H,1-4H3. The smallest absolute Gasteiger partial charge is 0.0551 e. The van der Waals surface area contributed by atoms with E-state index in [1.165, 1.54) is 39.0 Å². The third kappa shape index (κ3) is 6.09. The van der Waals surface area contributed by atoms with Crippen LogP contribution in [0.3, 0.4) is 0 Å². The van der Waals surface area contributed by atoms with Gasteiger partial charge in [0, 0.05) is 28.7 Å². The van der Waals surface area contributed by atoms with Crippen LogP contribution in [-0.4, -0.2) is 6.04 Å². The van der Waals surface area contributed by atoms with Crippen LogP contribution in [-0.2, 0) is 0 Å². The number of nitrogens with zero attached hydrogens (tertiary/aromatic N) is 1. The highest BCUT2D eigenvalue weighted by atomic mass is 15.1. The number of anilines is 4. The van der Waals surface area contributed by atoms with Crippen molar-refractivity contribution in [3.05, 3.63) is 167 Å². The van der Waals surface area contributed by atoms with Gasteiger partial charge in [0.1, 0.15) is 0 Å². The SMILES string of the molecule is CC1=CC(c2ccc(-c3ccc(N(c4ccc(C)cc4)c4ccc(C)cc4)cc3)cc2)C(Nc2ccc(C)cc2)C=C1. The molecule has 2 atom stereocenters. The van der Waals surface area contributed by atoms with E-state index in [1.54, 1.807) is 0 Å². The summed E-state index contributed by atoms with van der Waals surface area (Å²) >= 11 is 0. The Kier molecular flexibility index (Phi) is 7.79. The maximum Gasteiger partial charge on any atom is 0.0551 e. The second-order valence-electron chi connectivity index (χ2n) is 11.5.